The first-order valence-electron chi connectivity index (χ1n) is 8.74. The van der Waals surface area contributed by atoms with Crippen molar-refractivity contribution in [2.45, 2.75) is 32.6 Å². The SMILES string of the molecule is Cc1noc(C2CCCN(C(=O)c3c(-c4ccccc4)noc3C)C2)n1. The maximum atomic E-state index is 13.2. The Labute approximate surface area is 151 Å². The van der Waals surface area contributed by atoms with Crippen LogP contribution in [0.5, 0.6) is 0 Å². The minimum atomic E-state index is -0.0662. The lowest BCUT2D eigenvalue weighted by molar-refractivity contribution is 0.0694. The van der Waals surface area contributed by atoms with Gasteiger partial charge in [-0.15, -0.1) is 0 Å². The Morgan fingerprint density at radius 3 is 2.69 bits per heavy atom. The lowest BCUT2D eigenvalue weighted by atomic mass is 9.96. The van der Waals surface area contributed by atoms with E-state index < -0.39 is 0 Å². The summed E-state index contributed by atoms with van der Waals surface area (Å²) >= 11 is 0. The van der Waals surface area contributed by atoms with Gasteiger partial charge in [0.25, 0.3) is 5.91 Å². The number of hydrogen-bond donors (Lipinski definition) is 0. The van der Waals surface area contributed by atoms with Crippen LogP contribution < -0.4 is 0 Å². The molecule has 1 aliphatic rings. The van der Waals surface area contributed by atoms with Crippen LogP contribution in [0.1, 0.15) is 46.6 Å². The zero-order chi connectivity index (χ0) is 18.1. The van der Waals surface area contributed by atoms with E-state index in [1.165, 1.54) is 0 Å². The van der Waals surface area contributed by atoms with Crippen molar-refractivity contribution in [3.8, 4) is 11.3 Å². The van der Waals surface area contributed by atoms with Crippen molar-refractivity contribution in [2.75, 3.05) is 13.1 Å². The number of nitrogens with zero attached hydrogens (tertiary/aromatic N) is 4. The highest BCUT2D eigenvalue weighted by Gasteiger charge is 2.32. The number of piperidine rings is 1. The normalized spacial score (nSPS) is 17.5. The Balaban J connectivity index is 1.61. The number of rotatable bonds is 3. The molecule has 2 aromatic heterocycles. The third-order valence-corrected chi connectivity index (χ3v) is 4.72. The average molecular weight is 352 g/mol. The molecule has 1 fully saturated rings. The van der Waals surface area contributed by atoms with Crippen LogP contribution in [-0.2, 0) is 0 Å². The van der Waals surface area contributed by atoms with Crippen molar-refractivity contribution in [3.63, 3.8) is 0 Å². The first kappa shape index (κ1) is 16.5. The Morgan fingerprint density at radius 1 is 1.15 bits per heavy atom. The lowest BCUT2D eigenvalue weighted by Gasteiger charge is -2.31. The molecule has 0 bridgehead atoms. The van der Waals surface area contributed by atoms with Crippen LogP contribution in [0.25, 0.3) is 11.3 Å². The second-order valence-electron chi connectivity index (χ2n) is 6.60. The molecular formula is C19H20N4O3. The fraction of sp³-hybridized carbons (Fsp3) is 0.368. The molecule has 7 heteroatoms. The van der Waals surface area contributed by atoms with Gasteiger partial charge in [-0.2, -0.15) is 4.98 Å². The molecule has 0 aliphatic carbocycles. The maximum absolute atomic E-state index is 13.2. The molecule has 1 aromatic carbocycles. The van der Waals surface area contributed by atoms with Crippen LogP contribution in [0.3, 0.4) is 0 Å². The lowest BCUT2D eigenvalue weighted by Crippen LogP contribution is -2.39. The van der Waals surface area contributed by atoms with Gasteiger partial charge in [0.1, 0.15) is 17.0 Å². The van der Waals surface area contributed by atoms with Gasteiger partial charge in [-0.3, -0.25) is 4.79 Å². The van der Waals surface area contributed by atoms with Gasteiger partial charge in [0.05, 0.1) is 5.92 Å². The van der Waals surface area contributed by atoms with Crippen LogP contribution in [0.2, 0.25) is 0 Å². The van der Waals surface area contributed by atoms with Gasteiger partial charge in [0.2, 0.25) is 5.89 Å². The van der Waals surface area contributed by atoms with Gasteiger partial charge in [0, 0.05) is 18.7 Å². The van der Waals surface area contributed by atoms with Crippen molar-refractivity contribution in [2.24, 2.45) is 0 Å². The predicted molar refractivity (Wildman–Crippen MR) is 93.6 cm³/mol. The Bertz CT molecular complexity index is 916. The molecule has 3 aromatic rings. The summed E-state index contributed by atoms with van der Waals surface area (Å²) in [5.74, 6) is 1.75. The summed E-state index contributed by atoms with van der Waals surface area (Å²) in [5.41, 5.74) is 1.98. The summed E-state index contributed by atoms with van der Waals surface area (Å²) in [6.07, 6.45) is 1.82. The number of benzene rings is 1. The van der Waals surface area contributed by atoms with Gasteiger partial charge >= 0.3 is 0 Å². The quantitative estimate of drug-likeness (QED) is 0.718. The second-order valence-corrected chi connectivity index (χ2v) is 6.60. The Kier molecular flexibility index (Phi) is 4.28. The van der Waals surface area contributed by atoms with Crippen molar-refractivity contribution < 1.29 is 13.8 Å². The number of hydrogen-bond acceptors (Lipinski definition) is 6. The fourth-order valence-corrected chi connectivity index (χ4v) is 3.42. The molecule has 1 saturated heterocycles. The zero-order valence-corrected chi connectivity index (χ0v) is 14.8. The number of amides is 1. The molecule has 3 heterocycles. The molecule has 4 rings (SSSR count). The van der Waals surface area contributed by atoms with Gasteiger partial charge in [-0.1, -0.05) is 40.6 Å². The Hall–Kier alpha value is -2.96. The van der Waals surface area contributed by atoms with Crippen LogP contribution >= 0.6 is 0 Å². The molecule has 134 valence electrons. The van der Waals surface area contributed by atoms with E-state index in [0.717, 1.165) is 18.4 Å². The molecule has 26 heavy (non-hydrogen) atoms. The number of aromatic nitrogens is 3. The van der Waals surface area contributed by atoms with E-state index in [0.29, 0.717) is 41.8 Å². The molecule has 1 unspecified atom stereocenters. The molecule has 0 radical (unpaired) electrons. The van der Waals surface area contributed by atoms with Gasteiger partial charge in [-0.25, -0.2) is 0 Å². The van der Waals surface area contributed by atoms with Crippen LogP contribution in [0.15, 0.2) is 39.4 Å². The summed E-state index contributed by atoms with van der Waals surface area (Å²) in [5, 5.41) is 7.98. The molecule has 0 spiro atoms. The molecule has 0 saturated carbocycles. The van der Waals surface area contributed by atoms with Crippen LogP contribution in [0.4, 0.5) is 0 Å². The van der Waals surface area contributed by atoms with E-state index in [-0.39, 0.29) is 11.8 Å². The van der Waals surface area contributed by atoms with Gasteiger partial charge < -0.3 is 13.9 Å². The van der Waals surface area contributed by atoms with Crippen molar-refractivity contribution in [3.05, 3.63) is 53.4 Å². The zero-order valence-electron chi connectivity index (χ0n) is 14.8. The first-order chi connectivity index (χ1) is 12.6. The van der Waals surface area contributed by atoms with E-state index in [1.54, 1.807) is 13.8 Å². The fourth-order valence-electron chi connectivity index (χ4n) is 3.42. The summed E-state index contributed by atoms with van der Waals surface area (Å²) in [6.45, 7) is 4.82. The third kappa shape index (κ3) is 3.00. The molecular weight excluding hydrogens is 332 g/mol. The number of likely N-dealkylation sites (tertiary alicyclic amines) is 1. The van der Waals surface area contributed by atoms with E-state index in [9.17, 15) is 4.79 Å². The van der Waals surface area contributed by atoms with Crippen molar-refractivity contribution in [1.29, 1.82) is 0 Å². The van der Waals surface area contributed by atoms with Crippen molar-refractivity contribution in [1.82, 2.24) is 20.2 Å². The summed E-state index contributed by atoms with van der Waals surface area (Å²) in [4.78, 5) is 19.4. The minimum absolute atomic E-state index is 0.0641. The van der Waals surface area contributed by atoms with Gasteiger partial charge in [0.15, 0.2) is 5.82 Å². The maximum Gasteiger partial charge on any atom is 0.259 e. The second kappa shape index (κ2) is 6.74. The smallest absolute Gasteiger partial charge is 0.259 e. The van der Waals surface area contributed by atoms with E-state index in [1.807, 2.05) is 35.2 Å². The molecule has 0 N–H and O–H groups in total. The topological polar surface area (TPSA) is 85.3 Å². The van der Waals surface area contributed by atoms with Crippen LogP contribution in [0, 0.1) is 13.8 Å². The highest BCUT2D eigenvalue weighted by atomic mass is 16.5. The molecule has 1 atom stereocenters. The largest absolute Gasteiger partial charge is 0.360 e. The summed E-state index contributed by atoms with van der Waals surface area (Å²) in [6, 6.07) is 9.62. The minimum Gasteiger partial charge on any atom is -0.360 e. The third-order valence-electron chi connectivity index (χ3n) is 4.72. The predicted octanol–water partition coefficient (Wildman–Crippen LogP) is 3.36. The monoisotopic (exact) mass is 352 g/mol. The molecule has 1 amide bonds. The first-order valence-corrected chi connectivity index (χ1v) is 8.74. The number of carbonyl (C=O) groups excluding carboxylic acids is 1. The van der Waals surface area contributed by atoms with Crippen LogP contribution in [-0.4, -0.2) is 39.2 Å². The Morgan fingerprint density at radius 2 is 1.96 bits per heavy atom. The average Bonchev–Trinajstić information content (AvgIpc) is 3.28. The molecule has 7 nitrogen and oxygen atoms in total. The molecule has 1 aliphatic heterocycles. The van der Waals surface area contributed by atoms with Crippen molar-refractivity contribution >= 4 is 5.91 Å². The van der Waals surface area contributed by atoms with E-state index >= 15 is 0 Å². The summed E-state index contributed by atoms with van der Waals surface area (Å²) in [7, 11) is 0. The highest BCUT2D eigenvalue weighted by Crippen LogP contribution is 2.30. The summed E-state index contributed by atoms with van der Waals surface area (Å²) < 4.78 is 10.6. The van der Waals surface area contributed by atoms with E-state index in [4.69, 9.17) is 9.05 Å². The highest BCUT2D eigenvalue weighted by molar-refractivity contribution is 6.00. The van der Waals surface area contributed by atoms with Gasteiger partial charge in [-0.05, 0) is 26.7 Å². The van der Waals surface area contributed by atoms with E-state index in [2.05, 4.69) is 15.3 Å². The standard InChI is InChI=1S/C19H20N4O3/c1-12-16(17(22-25-12)14-7-4-3-5-8-14)19(24)23-10-6-9-15(11-23)18-20-13(2)21-26-18/h3-5,7-8,15H,6,9-11H2,1-2H3. The number of aryl methyl sites for hydroxylation is 2. The number of carbonyl (C=O) groups is 1.